The van der Waals surface area contributed by atoms with E-state index >= 15 is 0 Å². The minimum atomic E-state index is -3.81. The fourth-order valence-corrected chi connectivity index (χ4v) is 3.42. The molecule has 0 aliphatic heterocycles. The minimum Gasteiger partial charge on any atom is -0.380 e. The SMILES string of the molecule is N#Cc1cc(S(N)(=O)=O)ccc1NCc1ccc2c(c1)CCC2. The van der Waals surface area contributed by atoms with Crippen molar-refractivity contribution >= 4 is 15.7 Å². The molecule has 5 nitrogen and oxygen atoms in total. The number of primary sulfonamides is 1. The van der Waals surface area contributed by atoms with E-state index < -0.39 is 10.0 Å². The first-order valence-corrected chi connectivity index (χ1v) is 8.93. The number of nitriles is 1. The number of benzene rings is 2. The third-order valence-corrected chi connectivity index (χ3v) is 5.00. The lowest BCUT2D eigenvalue weighted by molar-refractivity contribution is 0.598. The monoisotopic (exact) mass is 327 g/mol. The molecule has 3 rings (SSSR count). The molecule has 1 aliphatic rings. The van der Waals surface area contributed by atoms with Crippen LogP contribution < -0.4 is 10.5 Å². The summed E-state index contributed by atoms with van der Waals surface area (Å²) in [6, 6.07) is 12.7. The molecule has 0 heterocycles. The maximum atomic E-state index is 11.3. The molecule has 2 aromatic carbocycles. The molecule has 0 bridgehead atoms. The topological polar surface area (TPSA) is 96.0 Å². The van der Waals surface area contributed by atoms with Gasteiger partial charge in [0, 0.05) is 6.54 Å². The van der Waals surface area contributed by atoms with Gasteiger partial charge in [-0.2, -0.15) is 5.26 Å². The van der Waals surface area contributed by atoms with Crippen molar-refractivity contribution in [3.05, 3.63) is 58.7 Å². The van der Waals surface area contributed by atoms with E-state index in [0.29, 0.717) is 12.2 Å². The largest absolute Gasteiger partial charge is 0.380 e. The van der Waals surface area contributed by atoms with E-state index in [4.69, 9.17) is 5.14 Å². The second-order valence-corrected chi connectivity index (χ2v) is 7.24. The molecule has 0 radical (unpaired) electrons. The highest BCUT2D eigenvalue weighted by atomic mass is 32.2. The summed E-state index contributed by atoms with van der Waals surface area (Å²) in [6.45, 7) is 0.580. The minimum absolute atomic E-state index is 0.0582. The van der Waals surface area contributed by atoms with E-state index in [2.05, 4.69) is 23.5 Å². The second-order valence-electron chi connectivity index (χ2n) is 5.67. The molecule has 2 aromatic rings. The van der Waals surface area contributed by atoms with Crippen molar-refractivity contribution in [1.82, 2.24) is 0 Å². The van der Waals surface area contributed by atoms with Crippen molar-refractivity contribution in [2.24, 2.45) is 5.14 Å². The van der Waals surface area contributed by atoms with Gasteiger partial charge in [0.2, 0.25) is 10.0 Å². The van der Waals surface area contributed by atoms with Gasteiger partial charge in [-0.3, -0.25) is 0 Å². The Labute approximate surface area is 135 Å². The zero-order valence-corrected chi connectivity index (χ0v) is 13.4. The number of sulfonamides is 1. The van der Waals surface area contributed by atoms with Crippen LogP contribution in [0.5, 0.6) is 0 Å². The number of nitrogens with two attached hydrogens (primary N) is 1. The third-order valence-electron chi connectivity index (χ3n) is 4.09. The average molecular weight is 327 g/mol. The highest BCUT2D eigenvalue weighted by molar-refractivity contribution is 7.89. The number of fused-ring (bicyclic) bond motifs is 1. The van der Waals surface area contributed by atoms with Gasteiger partial charge in [-0.05, 0) is 54.2 Å². The predicted octanol–water partition coefficient (Wildman–Crippen LogP) is 2.31. The number of nitrogens with zero attached hydrogens (tertiary/aromatic N) is 1. The van der Waals surface area contributed by atoms with Crippen LogP contribution in [0.1, 0.15) is 28.7 Å². The van der Waals surface area contributed by atoms with Gasteiger partial charge < -0.3 is 5.32 Å². The van der Waals surface area contributed by atoms with Crippen molar-refractivity contribution in [1.29, 1.82) is 5.26 Å². The highest BCUT2D eigenvalue weighted by Crippen LogP contribution is 2.24. The quantitative estimate of drug-likeness (QED) is 0.900. The highest BCUT2D eigenvalue weighted by Gasteiger charge is 2.13. The molecule has 1 aliphatic carbocycles. The Morgan fingerprint density at radius 2 is 1.91 bits per heavy atom. The maximum Gasteiger partial charge on any atom is 0.238 e. The van der Waals surface area contributed by atoms with Gasteiger partial charge in [0.25, 0.3) is 0 Å². The van der Waals surface area contributed by atoms with Crippen LogP contribution in [-0.4, -0.2) is 8.42 Å². The van der Waals surface area contributed by atoms with Gasteiger partial charge in [0.05, 0.1) is 16.1 Å². The summed E-state index contributed by atoms with van der Waals surface area (Å²) >= 11 is 0. The molecule has 0 aromatic heterocycles. The number of hydrogen-bond acceptors (Lipinski definition) is 4. The van der Waals surface area contributed by atoms with E-state index in [1.54, 1.807) is 6.07 Å². The smallest absolute Gasteiger partial charge is 0.238 e. The van der Waals surface area contributed by atoms with Crippen molar-refractivity contribution in [2.75, 3.05) is 5.32 Å². The van der Waals surface area contributed by atoms with Crippen molar-refractivity contribution in [3.8, 4) is 6.07 Å². The average Bonchev–Trinajstić information content (AvgIpc) is 2.99. The van der Waals surface area contributed by atoms with Gasteiger partial charge in [-0.1, -0.05) is 18.2 Å². The molecule has 0 unspecified atom stereocenters. The van der Waals surface area contributed by atoms with E-state index in [1.807, 2.05) is 6.07 Å². The molecule has 0 saturated heterocycles. The van der Waals surface area contributed by atoms with Gasteiger partial charge >= 0.3 is 0 Å². The van der Waals surface area contributed by atoms with Crippen molar-refractivity contribution < 1.29 is 8.42 Å². The molecule has 23 heavy (non-hydrogen) atoms. The Bertz CT molecular complexity index is 899. The van der Waals surface area contributed by atoms with Crippen LogP contribution in [0.2, 0.25) is 0 Å². The summed E-state index contributed by atoms with van der Waals surface area (Å²) in [5.74, 6) is 0. The lowest BCUT2D eigenvalue weighted by Gasteiger charge is -2.10. The standard InChI is InChI=1S/C17H17N3O2S/c18-10-15-9-16(23(19,21)22)6-7-17(15)20-11-12-4-5-13-2-1-3-14(13)8-12/h4-9,20H,1-3,11H2,(H2,19,21,22). The van der Waals surface area contributed by atoms with Crippen LogP contribution >= 0.6 is 0 Å². The summed E-state index contributed by atoms with van der Waals surface area (Å²) < 4.78 is 22.7. The third kappa shape index (κ3) is 3.36. The van der Waals surface area contributed by atoms with Crippen LogP contribution in [0, 0.1) is 11.3 Å². The molecular formula is C17H17N3O2S. The lowest BCUT2D eigenvalue weighted by atomic mass is 10.1. The fraction of sp³-hybridized carbons (Fsp3) is 0.235. The van der Waals surface area contributed by atoms with Crippen LogP contribution in [-0.2, 0) is 29.4 Å². The molecule has 0 amide bonds. The van der Waals surface area contributed by atoms with Crippen LogP contribution in [0.3, 0.4) is 0 Å². The normalized spacial score (nSPS) is 13.4. The molecule has 0 spiro atoms. The molecule has 0 fully saturated rings. The second kappa shape index (κ2) is 6.03. The first kappa shape index (κ1) is 15.5. The molecule has 118 valence electrons. The maximum absolute atomic E-state index is 11.3. The number of anilines is 1. The van der Waals surface area contributed by atoms with Crippen molar-refractivity contribution in [2.45, 2.75) is 30.7 Å². The fourth-order valence-electron chi connectivity index (χ4n) is 2.88. The Morgan fingerprint density at radius 1 is 1.13 bits per heavy atom. The predicted molar refractivity (Wildman–Crippen MR) is 88.3 cm³/mol. The summed E-state index contributed by atoms with van der Waals surface area (Å²) in [6.07, 6.45) is 3.48. The molecule has 0 atom stereocenters. The summed E-state index contributed by atoms with van der Waals surface area (Å²) in [7, 11) is -3.81. The molecule has 3 N–H and O–H groups in total. The number of aryl methyl sites for hydroxylation is 2. The Morgan fingerprint density at radius 3 is 2.65 bits per heavy atom. The first-order chi connectivity index (χ1) is 11.0. The summed E-state index contributed by atoms with van der Waals surface area (Å²) in [5, 5.41) is 17.5. The Balaban J connectivity index is 1.79. The van der Waals surface area contributed by atoms with E-state index in [1.165, 1.54) is 29.7 Å². The van der Waals surface area contributed by atoms with Gasteiger partial charge in [0.1, 0.15) is 6.07 Å². The number of rotatable bonds is 4. The molecular weight excluding hydrogens is 310 g/mol. The van der Waals surface area contributed by atoms with Crippen molar-refractivity contribution in [3.63, 3.8) is 0 Å². The number of hydrogen-bond donors (Lipinski definition) is 2. The van der Waals surface area contributed by atoms with Crippen LogP contribution in [0.15, 0.2) is 41.3 Å². The van der Waals surface area contributed by atoms with E-state index in [0.717, 1.165) is 18.4 Å². The van der Waals surface area contributed by atoms with Gasteiger partial charge in [-0.25, -0.2) is 13.6 Å². The summed E-state index contributed by atoms with van der Waals surface area (Å²) in [5.41, 5.74) is 4.82. The van der Waals surface area contributed by atoms with Gasteiger partial charge in [-0.15, -0.1) is 0 Å². The zero-order chi connectivity index (χ0) is 16.4. The first-order valence-electron chi connectivity index (χ1n) is 7.39. The van der Waals surface area contributed by atoms with Gasteiger partial charge in [0.15, 0.2) is 0 Å². The van der Waals surface area contributed by atoms with Crippen LogP contribution in [0.4, 0.5) is 5.69 Å². The number of nitrogens with one attached hydrogen (secondary N) is 1. The van der Waals surface area contributed by atoms with Crippen LogP contribution in [0.25, 0.3) is 0 Å². The lowest BCUT2D eigenvalue weighted by Crippen LogP contribution is -2.12. The van der Waals surface area contributed by atoms with E-state index in [9.17, 15) is 13.7 Å². The summed E-state index contributed by atoms with van der Waals surface area (Å²) in [4.78, 5) is -0.0582. The molecule has 6 heteroatoms. The molecule has 0 saturated carbocycles. The van der Waals surface area contributed by atoms with E-state index in [-0.39, 0.29) is 10.5 Å². The Hall–Kier alpha value is -2.36. The Kier molecular flexibility index (Phi) is 4.07. The zero-order valence-electron chi connectivity index (χ0n) is 12.5.